The van der Waals surface area contributed by atoms with Crippen molar-refractivity contribution >= 4 is 50.7 Å². The van der Waals surface area contributed by atoms with Gasteiger partial charge in [0, 0.05) is 44.2 Å². The molecule has 0 radical (unpaired) electrons. The topological polar surface area (TPSA) is 124 Å². The van der Waals surface area contributed by atoms with Crippen molar-refractivity contribution in [2.75, 3.05) is 37.6 Å². The van der Waals surface area contributed by atoms with Crippen LogP contribution in [0.3, 0.4) is 0 Å². The molecule has 9 nitrogen and oxygen atoms in total. The average Bonchev–Trinajstić information content (AvgIpc) is 3.23. The normalized spacial score (nSPS) is 15.3. The highest BCUT2D eigenvalue weighted by Crippen LogP contribution is 2.33. The first-order valence-corrected chi connectivity index (χ1v) is 11.4. The Balaban J connectivity index is 1.44. The van der Waals surface area contributed by atoms with E-state index in [1.165, 1.54) is 17.6 Å². The average molecular weight is 486 g/mol. The smallest absolute Gasteiger partial charge is 0.325 e. The second-order valence-corrected chi connectivity index (χ2v) is 8.95. The van der Waals surface area contributed by atoms with Gasteiger partial charge < -0.3 is 10.0 Å². The number of carboxylic acids is 1. The number of anilines is 1. The molecule has 1 unspecified atom stereocenters. The summed E-state index contributed by atoms with van der Waals surface area (Å²) >= 11 is 7.76. The van der Waals surface area contributed by atoms with Crippen LogP contribution in [0.1, 0.15) is 17.0 Å². The number of nitro benzene ring substituents is 1. The van der Waals surface area contributed by atoms with Crippen LogP contribution in [0, 0.1) is 21.4 Å². The van der Waals surface area contributed by atoms with Crippen molar-refractivity contribution < 1.29 is 14.8 Å². The number of carbonyl (C=O) groups is 1. The quantitative estimate of drug-likeness (QED) is 0.394. The van der Waals surface area contributed by atoms with Gasteiger partial charge in [0.25, 0.3) is 5.69 Å². The Kier molecular flexibility index (Phi) is 6.74. The molecule has 1 aliphatic heterocycles. The molecule has 0 amide bonds. The number of benzene rings is 2. The number of nitriles is 1. The summed E-state index contributed by atoms with van der Waals surface area (Å²) in [6.07, 6.45) is 0.487. The maximum Gasteiger partial charge on any atom is 0.325 e. The number of hydrogen-bond acceptors (Lipinski definition) is 8. The predicted molar refractivity (Wildman–Crippen MR) is 126 cm³/mol. The Morgan fingerprint density at radius 1 is 1.30 bits per heavy atom. The number of nitrogens with zero attached hydrogens (tertiary/aromatic N) is 5. The molecular formula is C22H20ClN5O4S. The number of hydrogen-bond donors (Lipinski definition) is 1. The Morgan fingerprint density at radius 2 is 2.03 bits per heavy atom. The van der Waals surface area contributed by atoms with Crippen molar-refractivity contribution in [3.63, 3.8) is 0 Å². The van der Waals surface area contributed by atoms with Gasteiger partial charge in [-0.3, -0.25) is 19.8 Å². The number of rotatable bonds is 7. The van der Waals surface area contributed by atoms with E-state index in [0.29, 0.717) is 18.5 Å². The minimum atomic E-state index is -1.63. The molecule has 170 valence electrons. The number of fused-ring (bicyclic) bond motifs is 1. The van der Waals surface area contributed by atoms with Gasteiger partial charge in [-0.25, -0.2) is 0 Å². The molecule has 0 aliphatic carbocycles. The van der Waals surface area contributed by atoms with E-state index in [1.807, 2.05) is 12.1 Å². The summed E-state index contributed by atoms with van der Waals surface area (Å²) in [5.74, 6) is -2.05. The number of nitro groups is 1. The fourth-order valence-corrected chi connectivity index (χ4v) is 5.08. The van der Waals surface area contributed by atoms with E-state index in [4.69, 9.17) is 11.6 Å². The lowest BCUT2D eigenvalue weighted by Crippen LogP contribution is -2.47. The molecule has 2 aromatic carbocycles. The van der Waals surface area contributed by atoms with Crippen LogP contribution < -0.4 is 4.90 Å². The zero-order valence-electron chi connectivity index (χ0n) is 17.5. The maximum atomic E-state index is 11.4. The maximum absolute atomic E-state index is 11.4. The molecule has 3 aromatic rings. The first kappa shape index (κ1) is 22.9. The molecule has 1 aliphatic rings. The van der Waals surface area contributed by atoms with Gasteiger partial charge in [0.1, 0.15) is 5.82 Å². The summed E-state index contributed by atoms with van der Waals surface area (Å²) < 4.78 is 5.78. The second-order valence-electron chi connectivity index (χ2n) is 7.74. The lowest BCUT2D eigenvalue weighted by molar-refractivity contribution is -0.385. The fourth-order valence-electron chi connectivity index (χ4n) is 4.03. The standard InChI is InChI=1S/C22H20ClN5O4S/c23-18-12-19(28(31)32)16(17(13-24)22(29)30)11-14(18)5-6-26-7-9-27(10-8-26)21-15-3-1-2-4-20(15)33-25-21/h1-4,11-12,17H,5-10H2,(H,29,30). The van der Waals surface area contributed by atoms with Crippen molar-refractivity contribution in [1.82, 2.24) is 9.27 Å². The molecule has 0 spiro atoms. The van der Waals surface area contributed by atoms with Crippen LogP contribution in [-0.4, -0.2) is 58.0 Å². The van der Waals surface area contributed by atoms with Crippen LogP contribution in [0.4, 0.5) is 11.5 Å². The Hall–Kier alpha value is -3.26. The van der Waals surface area contributed by atoms with Crippen molar-refractivity contribution in [2.45, 2.75) is 12.3 Å². The van der Waals surface area contributed by atoms with E-state index in [-0.39, 0.29) is 10.6 Å². The lowest BCUT2D eigenvalue weighted by atomic mass is 9.95. The zero-order chi connectivity index (χ0) is 23.5. The van der Waals surface area contributed by atoms with Gasteiger partial charge in [-0.05, 0) is 41.7 Å². The lowest BCUT2D eigenvalue weighted by Gasteiger charge is -2.35. The minimum Gasteiger partial charge on any atom is -0.480 e. The molecule has 0 saturated carbocycles. The second kappa shape index (κ2) is 9.70. The van der Waals surface area contributed by atoms with Crippen LogP contribution in [0.25, 0.3) is 10.1 Å². The van der Waals surface area contributed by atoms with E-state index in [1.54, 1.807) is 6.07 Å². The molecule has 4 rings (SSSR count). The van der Waals surface area contributed by atoms with Crippen molar-refractivity contribution in [3.05, 3.63) is 62.7 Å². The first-order valence-electron chi connectivity index (χ1n) is 10.3. The third kappa shape index (κ3) is 4.75. The Morgan fingerprint density at radius 3 is 2.70 bits per heavy atom. The molecule has 11 heteroatoms. The summed E-state index contributed by atoms with van der Waals surface area (Å²) in [4.78, 5) is 26.6. The molecule has 1 N–H and O–H groups in total. The third-order valence-corrected chi connectivity index (χ3v) is 6.98. The highest BCUT2D eigenvalue weighted by Gasteiger charge is 2.29. The van der Waals surface area contributed by atoms with E-state index in [0.717, 1.165) is 48.1 Å². The number of aromatic nitrogens is 1. The molecule has 1 fully saturated rings. The summed E-state index contributed by atoms with van der Waals surface area (Å²) in [5, 5.41) is 31.2. The van der Waals surface area contributed by atoms with Crippen LogP contribution in [0.15, 0.2) is 36.4 Å². The van der Waals surface area contributed by atoms with Crippen molar-refractivity contribution in [1.29, 1.82) is 5.26 Å². The SMILES string of the molecule is N#CC(C(=O)O)c1cc(CCN2CCN(c3nsc4ccccc34)CC2)c(Cl)cc1[N+](=O)[O-]. The van der Waals surface area contributed by atoms with Crippen LogP contribution >= 0.6 is 23.1 Å². The van der Waals surface area contributed by atoms with Crippen LogP contribution in [0.5, 0.6) is 0 Å². The van der Waals surface area contributed by atoms with E-state index < -0.39 is 22.5 Å². The number of piperazine rings is 1. The summed E-state index contributed by atoms with van der Waals surface area (Å²) in [6, 6.07) is 12.3. The summed E-state index contributed by atoms with van der Waals surface area (Å²) in [5.41, 5.74) is -0.0110. The highest BCUT2D eigenvalue weighted by molar-refractivity contribution is 7.13. The molecule has 0 bridgehead atoms. The van der Waals surface area contributed by atoms with Gasteiger partial charge in [0.2, 0.25) is 0 Å². The van der Waals surface area contributed by atoms with E-state index >= 15 is 0 Å². The van der Waals surface area contributed by atoms with Crippen molar-refractivity contribution in [3.8, 4) is 6.07 Å². The zero-order valence-corrected chi connectivity index (χ0v) is 19.1. The van der Waals surface area contributed by atoms with Gasteiger partial charge >= 0.3 is 5.97 Å². The Bertz CT molecular complexity index is 1250. The molecule has 1 saturated heterocycles. The molecule has 2 heterocycles. The number of carboxylic acid groups (broad SMARTS) is 1. The summed E-state index contributed by atoms with van der Waals surface area (Å²) in [6.45, 7) is 3.94. The minimum absolute atomic E-state index is 0.144. The largest absolute Gasteiger partial charge is 0.480 e. The summed E-state index contributed by atoms with van der Waals surface area (Å²) in [7, 11) is 0. The fraction of sp³-hybridized carbons (Fsp3) is 0.318. The molecular weight excluding hydrogens is 466 g/mol. The van der Waals surface area contributed by atoms with Crippen LogP contribution in [0.2, 0.25) is 5.02 Å². The third-order valence-electron chi connectivity index (χ3n) is 5.81. The highest BCUT2D eigenvalue weighted by atomic mass is 35.5. The van der Waals surface area contributed by atoms with Crippen molar-refractivity contribution in [2.24, 2.45) is 0 Å². The van der Waals surface area contributed by atoms with Crippen LogP contribution in [-0.2, 0) is 11.2 Å². The molecule has 1 atom stereocenters. The van der Waals surface area contributed by atoms with E-state index in [2.05, 4.69) is 26.3 Å². The van der Waals surface area contributed by atoms with Gasteiger partial charge in [-0.2, -0.15) is 9.64 Å². The Labute approximate surface area is 198 Å². The van der Waals surface area contributed by atoms with Gasteiger partial charge in [-0.15, -0.1) is 0 Å². The number of aliphatic carboxylic acids is 1. The molecule has 33 heavy (non-hydrogen) atoms. The first-order chi connectivity index (χ1) is 15.9. The monoisotopic (exact) mass is 485 g/mol. The van der Waals surface area contributed by atoms with Gasteiger partial charge in [-0.1, -0.05) is 23.7 Å². The number of halogens is 1. The predicted octanol–water partition coefficient (Wildman–Crippen LogP) is 3.91. The van der Waals surface area contributed by atoms with E-state index in [9.17, 15) is 25.3 Å². The van der Waals surface area contributed by atoms with Gasteiger partial charge in [0.05, 0.1) is 26.3 Å². The van der Waals surface area contributed by atoms with Gasteiger partial charge in [0.15, 0.2) is 5.92 Å². The molecule has 1 aromatic heterocycles.